The monoisotopic (exact) mass is 269 g/mol. The maximum atomic E-state index is 4.00. The van der Waals surface area contributed by atoms with E-state index in [0.29, 0.717) is 0 Å². The van der Waals surface area contributed by atoms with E-state index in [1.54, 1.807) is 17.7 Å². The minimum Gasteiger partial charge on any atom is -0.347 e. The Labute approximate surface area is 116 Å². The fraction of sp³-hybridized carbons (Fsp3) is 0.133. The number of thiophene rings is 1. The van der Waals surface area contributed by atoms with Crippen LogP contribution in [0.3, 0.4) is 0 Å². The van der Waals surface area contributed by atoms with Crippen LogP contribution in [0.5, 0.6) is 0 Å². The van der Waals surface area contributed by atoms with Gasteiger partial charge >= 0.3 is 0 Å². The molecule has 2 heterocycles. The van der Waals surface area contributed by atoms with Gasteiger partial charge in [0.2, 0.25) is 0 Å². The van der Waals surface area contributed by atoms with Gasteiger partial charge in [0.05, 0.1) is 6.33 Å². The summed E-state index contributed by atoms with van der Waals surface area (Å²) < 4.78 is 0. The maximum Gasteiger partial charge on any atom is 0.0922 e. The SMILES string of the molecule is c1ccc(-c2csc(CNCc3cnc[nH]3)c2)cc1. The van der Waals surface area contributed by atoms with Gasteiger partial charge in [-0.2, -0.15) is 0 Å². The predicted molar refractivity (Wildman–Crippen MR) is 78.9 cm³/mol. The molecular weight excluding hydrogens is 254 g/mol. The molecule has 0 aliphatic carbocycles. The van der Waals surface area contributed by atoms with E-state index in [1.165, 1.54) is 16.0 Å². The first-order valence-electron chi connectivity index (χ1n) is 6.22. The van der Waals surface area contributed by atoms with E-state index in [0.717, 1.165) is 18.8 Å². The minimum absolute atomic E-state index is 0.818. The Hall–Kier alpha value is -1.91. The van der Waals surface area contributed by atoms with Gasteiger partial charge in [0.1, 0.15) is 0 Å². The zero-order valence-electron chi connectivity index (χ0n) is 10.5. The van der Waals surface area contributed by atoms with Crippen LogP contribution in [-0.4, -0.2) is 9.97 Å². The number of hydrogen-bond donors (Lipinski definition) is 2. The van der Waals surface area contributed by atoms with Crippen molar-refractivity contribution in [1.82, 2.24) is 15.3 Å². The molecular formula is C15H15N3S. The summed E-state index contributed by atoms with van der Waals surface area (Å²) in [5, 5.41) is 5.62. The Morgan fingerprint density at radius 1 is 1.11 bits per heavy atom. The Morgan fingerprint density at radius 2 is 2.00 bits per heavy atom. The first-order chi connectivity index (χ1) is 9.42. The van der Waals surface area contributed by atoms with Crippen LogP contribution >= 0.6 is 11.3 Å². The lowest BCUT2D eigenvalue weighted by atomic mass is 10.1. The molecule has 96 valence electrons. The fourth-order valence-corrected chi connectivity index (χ4v) is 2.82. The molecule has 0 saturated carbocycles. The number of imidazole rings is 1. The van der Waals surface area contributed by atoms with E-state index >= 15 is 0 Å². The topological polar surface area (TPSA) is 40.7 Å². The normalized spacial score (nSPS) is 10.7. The average Bonchev–Trinajstić information content (AvgIpc) is 3.11. The lowest BCUT2D eigenvalue weighted by Crippen LogP contribution is -2.11. The highest BCUT2D eigenvalue weighted by Crippen LogP contribution is 2.25. The number of benzene rings is 1. The van der Waals surface area contributed by atoms with Crippen molar-refractivity contribution in [2.45, 2.75) is 13.1 Å². The summed E-state index contributed by atoms with van der Waals surface area (Å²) in [7, 11) is 0. The van der Waals surface area contributed by atoms with E-state index in [2.05, 4.69) is 51.0 Å². The third-order valence-corrected chi connectivity index (χ3v) is 3.87. The molecule has 3 aromatic rings. The fourth-order valence-electron chi connectivity index (χ4n) is 1.96. The molecule has 3 rings (SSSR count). The van der Waals surface area contributed by atoms with E-state index in [4.69, 9.17) is 0 Å². The molecule has 0 spiro atoms. The van der Waals surface area contributed by atoms with Gasteiger partial charge in [-0.25, -0.2) is 4.98 Å². The lowest BCUT2D eigenvalue weighted by molar-refractivity contribution is 0.689. The van der Waals surface area contributed by atoms with Gasteiger partial charge in [-0.05, 0) is 22.6 Å². The average molecular weight is 269 g/mol. The zero-order valence-corrected chi connectivity index (χ0v) is 11.3. The molecule has 0 aliphatic heterocycles. The summed E-state index contributed by atoms with van der Waals surface area (Å²) in [5.74, 6) is 0. The third-order valence-electron chi connectivity index (χ3n) is 2.93. The number of rotatable bonds is 5. The number of hydrogen-bond acceptors (Lipinski definition) is 3. The highest BCUT2D eigenvalue weighted by Gasteiger charge is 2.02. The molecule has 2 aromatic heterocycles. The zero-order chi connectivity index (χ0) is 12.9. The first kappa shape index (κ1) is 12.1. The Bertz CT molecular complexity index is 614. The highest BCUT2D eigenvalue weighted by atomic mass is 32.1. The van der Waals surface area contributed by atoms with Gasteiger partial charge < -0.3 is 10.3 Å². The van der Waals surface area contributed by atoms with E-state index in [1.807, 2.05) is 12.3 Å². The second-order valence-electron chi connectivity index (χ2n) is 4.35. The number of H-pyrrole nitrogens is 1. The van der Waals surface area contributed by atoms with Gasteiger partial charge in [0.15, 0.2) is 0 Å². The van der Waals surface area contributed by atoms with E-state index in [9.17, 15) is 0 Å². The highest BCUT2D eigenvalue weighted by molar-refractivity contribution is 7.10. The quantitative estimate of drug-likeness (QED) is 0.745. The van der Waals surface area contributed by atoms with Crippen LogP contribution in [-0.2, 0) is 13.1 Å². The molecule has 0 unspecified atom stereocenters. The van der Waals surface area contributed by atoms with Crippen molar-refractivity contribution in [3.8, 4) is 11.1 Å². The number of nitrogens with zero attached hydrogens (tertiary/aromatic N) is 1. The Morgan fingerprint density at radius 3 is 2.79 bits per heavy atom. The summed E-state index contributed by atoms with van der Waals surface area (Å²) in [6, 6.07) is 12.7. The minimum atomic E-state index is 0.818. The first-order valence-corrected chi connectivity index (χ1v) is 7.10. The summed E-state index contributed by atoms with van der Waals surface area (Å²) in [6.07, 6.45) is 3.55. The molecule has 1 aromatic carbocycles. The van der Waals surface area contributed by atoms with Crippen molar-refractivity contribution < 1.29 is 0 Å². The van der Waals surface area contributed by atoms with Crippen LogP contribution in [0, 0.1) is 0 Å². The smallest absolute Gasteiger partial charge is 0.0922 e. The molecule has 0 atom stereocenters. The molecule has 0 radical (unpaired) electrons. The van der Waals surface area contributed by atoms with Gasteiger partial charge in [0, 0.05) is 29.9 Å². The van der Waals surface area contributed by atoms with Crippen molar-refractivity contribution in [1.29, 1.82) is 0 Å². The van der Waals surface area contributed by atoms with Crippen LogP contribution in [0.1, 0.15) is 10.6 Å². The van der Waals surface area contributed by atoms with Crippen molar-refractivity contribution in [2.24, 2.45) is 0 Å². The van der Waals surface area contributed by atoms with Crippen molar-refractivity contribution >= 4 is 11.3 Å². The van der Waals surface area contributed by atoms with Gasteiger partial charge in [0.25, 0.3) is 0 Å². The van der Waals surface area contributed by atoms with Gasteiger partial charge in [-0.15, -0.1) is 11.3 Å². The molecule has 2 N–H and O–H groups in total. The van der Waals surface area contributed by atoms with Crippen molar-refractivity contribution in [2.75, 3.05) is 0 Å². The molecule has 0 bridgehead atoms. The summed E-state index contributed by atoms with van der Waals surface area (Å²) in [4.78, 5) is 8.43. The van der Waals surface area contributed by atoms with Gasteiger partial charge in [-0.1, -0.05) is 30.3 Å². The molecule has 0 aliphatic rings. The molecule has 0 amide bonds. The summed E-state index contributed by atoms with van der Waals surface area (Å²) >= 11 is 1.79. The van der Waals surface area contributed by atoms with Crippen LogP contribution in [0.25, 0.3) is 11.1 Å². The molecule has 3 nitrogen and oxygen atoms in total. The largest absolute Gasteiger partial charge is 0.347 e. The van der Waals surface area contributed by atoms with Crippen molar-refractivity contribution in [3.05, 3.63) is 64.9 Å². The predicted octanol–water partition coefficient (Wildman–Crippen LogP) is 3.43. The number of aromatic nitrogens is 2. The van der Waals surface area contributed by atoms with Crippen LogP contribution < -0.4 is 5.32 Å². The summed E-state index contributed by atoms with van der Waals surface area (Å²) in [5.41, 5.74) is 3.68. The Kier molecular flexibility index (Phi) is 3.72. The van der Waals surface area contributed by atoms with Gasteiger partial charge in [-0.3, -0.25) is 0 Å². The second-order valence-corrected chi connectivity index (χ2v) is 5.34. The van der Waals surface area contributed by atoms with E-state index < -0.39 is 0 Å². The Balaban J connectivity index is 1.59. The molecule has 19 heavy (non-hydrogen) atoms. The van der Waals surface area contributed by atoms with Crippen LogP contribution in [0.15, 0.2) is 54.3 Å². The van der Waals surface area contributed by atoms with Crippen molar-refractivity contribution in [3.63, 3.8) is 0 Å². The molecule has 0 saturated heterocycles. The lowest BCUT2D eigenvalue weighted by Gasteiger charge is -2.00. The number of aromatic amines is 1. The maximum absolute atomic E-state index is 4.00. The summed E-state index contributed by atoms with van der Waals surface area (Å²) in [6.45, 7) is 1.70. The number of nitrogens with one attached hydrogen (secondary N) is 2. The molecule has 4 heteroatoms. The van der Waals surface area contributed by atoms with Crippen LogP contribution in [0.4, 0.5) is 0 Å². The van der Waals surface area contributed by atoms with E-state index in [-0.39, 0.29) is 0 Å². The molecule has 0 fully saturated rings. The standard InChI is InChI=1S/C15H15N3S/c1-2-4-12(5-3-1)13-6-15(19-10-13)9-16-7-14-8-17-11-18-14/h1-6,8,10-11,16H,7,9H2,(H,17,18). The second kappa shape index (κ2) is 5.82. The van der Waals surface area contributed by atoms with Crippen LogP contribution in [0.2, 0.25) is 0 Å². The third kappa shape index (κ3) is 3.10.